The molecule has 0 aliphatic heterocycles. The molecule has 0 heterocycles. The van der Waals surface area contributed by atoms with Crippen LogP contribution in [0, 0.1) is 35.1 Å². The van der Waals surface area contributed by atoms with E-state index in [-0.39, 0.29) is 0 Å². The Morgan fingerprint density at radius 1 is 0.933 bits per heavy atom. The van der Waals surface area contributed by atoms with Crippen molar-refractivity contribution < 1.29 is 35.5 Å². The van der Waals surface area contributed by atoms with Gasteiger partial charge in [-0.3, -0.25) is 0 Å². The Morgan fingerprint density at radius 3 is 2.20 bits per heavy atom. The molecule has 0 saturated carbocycles. The Bertz CT molecular complexity index is 1050. The van der Waals surface area contributed by atoms with Gasteiger partial charge in [0.25, 0.3) is 0 Å². The predicted molar refractivity (Wildman–Crippen MR) is 96.6 cm³/mol. The van der Waals surface area contributed by atoms with Crippen molar-refractivity contribution in [1.82, 2.24) is 0 Å². The molecular formula is C22H15F7O. The average Bonchev–Trinajstić information content (AvgIpc) is 2.64. The second kappa shape index (κ2) is 8.42. The fraction of sp³-hybridized carbons (Fsp3) is 0.273. The van der Waals surface area contributed by atoms with Crippen LogP contribution in [0.15, 0.2) is 23.8 Å². The molecule has 0 N–H and O–H groups in total. The number of benzene rings is 2. The first-order chi connectivity index (χ1) is 14.1. The van der Waals surface area contributed by atoms with Gasteiger partial charge in [-0.25, -0.2) is 17.6 Å². The van der Waals surface area contributed by atoms with E-state index in [0.29, 0.717) is 36.1 Å². The quantitative estimate of drug-likeness (QED) is 0.392. The normalized spacial score (nSPS) is 13.3. The van der Waals surface area contributed by atoms with Gasteiger partial charge < -0.3 is 4.74 Å². The Kier molecular flexibility index (Phi) is 6.11. The lowest BCUT2D eigenvalue weighted by Crippen LogP contribution is -2.19. The van der Waals surface area contributed by atoms with E-state index in [1.807, 2.05) is 6.92 Å². The molecular weight excluding hydrogens is 413 g/mol. The van der Waals surface area contributed by atoms with E-state index in [9.17, 15) is 30.7 Å². The molecule has 0 fully saturated rings. The van der Waals surface area contributed by atoms with E-state index < -0.39 is 46.5 Å². The first kappa shape index (κ1) is 21.8. The lowest BCUT2D eigenvalue weighted by atomic mass is 9.88. The summed E-state index contributed by atoms with van der Waals surface area (Å²) in [6, 6.07) is 2.13. The van der Waals surface area contributed by atoms with Crippen LogP contribution in [0.25, 0.3) is 6.08 Å². The molecule has 0 spiro atoms. The van der Waals surface area contributed by atoms with Crippen molar-refractivity contribution in [2.24, 2.45) is 0 Å². The number of hydrogen-bond donors (Lipinski definition) is 0. The fourth-order valence-electron chi connectivity index (χ4n) is 3.25. The summed E-state index contributed by atoms with van der Waals surface area (Å²) in [7, 11) is 0. The number of ether oxygens (including phenoxy) is 1. The van der Waals surface area contributed by atoms with Crippen molar-refractivity contribution in [1.29, 1.82) is 0 Å². The maximum atomic E-state index is 14.8. The van der Waals surface area contributed by atoms with Gasteiger partial charge >= 0.3 is 6.36 Å². The van der Waals surface area contributed by atoms with Crippen LogP contribution >= 0.6 is 0 Å². The minimum absolute atomic E-state index is 0.298. The van der Waals surface area contributed by atoms with Crippen molar-refractivity contribution in [3.63, 3.8) is 0 Å². The third-order valence-corrected chi connectivity index (χ3v) is 4.53. The molecule has 2 aromatic carbocycles. The van der Waals surface area contributed by atoms with E-state index >= 15 is 0 Å². The first-order valence-electron chi connectivity index (χ1n) is 9.06. The molecule has 0 aromatic heterocycles. The van der Waals surface area contributed by atoms with Crippen LogP contribution in [0.4, 0.5) is 30.7 Å². The standard InChI is InChI=1S/C22H15F7O/c1-2-3-12-4-6-15-14(8-12)11-17(23)16(20(15)26)7-5-13-9-18(24)21(19(25)10-13)30-22(27,28)29/h8-11H,2-4,6H2,1H3. The summed E-state index contributed by atoms with van der Waals surface area (Å²) in [5.74, 6) is -2.34. The molecule has 0 bridgehead atoms. The van der Waals surface area contributed by atoms with E-state index in [4.69, 9.17) is 0 Å². The van der Waals surface area contributed by atoms with Gasteiger partial charge in [0.2, 0.25) is 5.75 Å². The molecule has 158 valence electrons. The molecule has 0 atom stereocenters. The lowest BCUT2D eigenvalue weighted by Gasteiger charge is -2.18. The third-order valence-electron chi connectivity index (χ3n) is 4.53. The molecule has 0 saturated heterocycles. The molecule has 0 radical (unpaired) electrons. The third kappa shape index (κ3) is 4.78. The minimum atomic E-state index is -5.28. The Labute approximate surface area is 168 Å². The Hall–Kier alpha value is -2.95. The maximum Gasteiger partial charge on any atom is 0.573 e. The van der Waals surface area contributed by atoms with Crippen molar-refractivity contribution in [2.45, 2.75) is 39.0 Å². The highest BCUT2D eigenvalue weighted by atomic mass is 19.4. The minimum Gasteiger partial charge on any atom is -0.399 e. The zero-order valence-corrected chi connectivity index (χ0v) is 15.7. The molecule has 1 aliphatic carbocycles. The number of halogens is 7. The van der Waals surface area contributed by atoms with Crippen LogP contribution in [-0.2, 0) is 6.42 Å². The van der Waals surface area contributed by atoms with Crippen LogP contribution < -0.4 is 4.74 Å². The van der Waals surface area contributed by atoms with Crippen molar-refractivity contribution >= 4 is 6.08 Å². The molecule has 8 heteroatoms. The first-order valence-corrected chi connectivity index (χ1v) is 9.06. The highest BCUT2D eigenvalue weighted by Gasteiger charge is 2.34. The second-order valence-electron chi connectivity index (χ2n) is 6.73. The summed E-state index contributed by atoms with van der Waals surface area (Å²) >= 11 is 0. The summed E-state index contributed by atoms with van der Waals surface area (Å²) in [6.07, 6.45) is -0.793. The van der Waals surface area contributed by atoms with Gasteiger partial charge in [0.15, 0.2) is 11.6 Å². The van der Waals surface area contributed by atoms with E-state index in [1.54, 1.807) is 6.08 Å². The number of rotatable bonds is 3. The zero-order valence-electron chi connectivity index (χ0n) is 15.7. The van der Waals surface area contributed by atoms with Gasteiger partial charge in [0.05, 0.1) is 5.56 Å². The van der Waals surface area contributed by atoms with Crippen LogP contribution in [-0.4, -0.2) is 6.36 Å². The van der Waals surface area contributed by atoms with E-state index in [1.165, 1.54) is 0 Å². The molecule has 0 amide bonds. The van der Waals surface area contributed by atoms with Gasteiger partial charge in [-0.1, -0.05) is 36.8 Å². The molecule has 0 unspecified atom stereocenters. The fourth-order valence-corrected chi connectivity index (χ4v) is 3.25. The van der Waals surface area contributed by atoms with Crippen LogP contribution in [0.2, 0.25) is 0 Å². The highest BCUT2D eigenvalue weighted by molar-refractivity contribution is 5.62. The average molecular weight is 428 g/mol. The zero-order chi connectivity index (χ0) is 22.1. The van der Waals surface area contributed by atoms with Crippen molar-refractivity contribution in [3.8, 4) is 17.6 Å². The summed E-state index contributed by atoms with van der Waals surface area (Å²) in [5.41, 5.74) is 0.844. The molecule has 30 heavy (non-hydrogen) atoms. The monoisotopic (exact) mass is 428 g/mol. The second-order valence-corrected chi connectivity index (χ2v) is 6.73. The van der Waals surface area contributed by atoms with Gasteiger partial charge in [-0.2, -0.15) is 0 Å². The lowest BCUT2D eigenvalue weighted by molar-refractivity contribution is -0.276. The number of fused-ring (bicyclic) bond motifs is 1. The molecule has 2 aromatic rings. The number of alkyl halides is 3. The Balaban J connectivity index is 1.96. The molecule has 1 aliphatic rings. The summed E-state index contributed by atoms with van der Waals surface area (Å²) in [5, 5.41) is 0. The smallest absolute Gasteiger partial charge is 0.399 e. The number of allylic oxidation sites excluding steroid dienone is 1. The highest BCUT2D eigenvalue weighted by Crippen LogP contribution is 2.32. The van der Waals surface area contributed by atoms with E-state index in [0.717, 1.165) is 24.5 Å². The van der Waals surface area contributed by atoms with Gasteiger partial charge in [0, 0.05) is 5.56 Å². The van der Waals surface area contributed by atoms with Crippen LogP contribution in [0.5, 0.6) is 5.75 Å². The summed E-state index contributed by atoms with van der Waals surface area (Å²) in [4.78, 5) is 0. The SMILES string of the molecule is CCCC1=Cc2cc(F)c(C#Cc3cc(F)c(OC(F)(F)F)c(F)c3)c(F)c2CC1. The van der Waals surface area contributed by atoms with Gasteiger partial charge in [-0.05, 0) is 48.6 Å². The van der Waals surface area contributed by atoms with Gasteiger partial charge in [0.1, 0.15) is 11.6 Å². The number of hydrogen-bond acceptors (Lipinski definition) is 1. The molecule has 1 nitrogen and oxygen atoms in total. The topological polar surface area (TPSA) is 9.23 Å². The molecule has 3 rings (SSSR count). The Morgan fingerprint density at radius 2 is 1.60 bits per heavy atom. The van der Waals surface area contributed by atoms with Crippen LogP contribution in [0.1, 0.15) is 48.4 Å². The van der Waals surface area contributed by atoms with Crippen LogP contribution in [0.3, 0.4) is 0 Å². The van der Waals surface area contributed by atoms with Gasteiger partial charge in [-0.15, -0.1) is 13.2 Å². The van der Waals surface area contributed by atoms with Crippen molar-refractivity contribution in [3.05, 3.63) is 69.3 Å². The van der Waals surface area contributed by atoms with E-state index in [2.05, 4.69) is 16.6 Å². The maximum absolute atomic E-state index is 14.8. The largest absolute Gasteiger partial charge is 0.573 e. The van der Waals surface area contributed by atoms with Crippen molar-refractivity contribution in [2.75, 3.05) is 0 Å². The summed E-state index contributed by atoms with van der Waals surface area (Å²) < 4.78 is 96.6. The summed E-state index contributed by atoms with van der Waals surface area (Å²) in [6.45, 7) is 2.00. The predicted octanol–water partition coefficient (Wildman–Crippen LogP) is 6.67.